The normalized spacial score (nSPS) is 10.8. The van der Waals surface area contributed by atoms with E-state index in [2.05, 4.69) is 32.9 Å². The molecule has 0 bridgehead atoms. The van der Waals surface area contributed by atoms with Gasteiger partial charge in [0.2, 0.25) is 4.96 Å². The number of para-hydroxylation sites is 1. The largest absolute Gasteiger partial charge is 0.494 e. The molecule has 4 rings (SSSR count). The second-order valence-corrected chi connectivity index (χ2v) is 8.39. The number of hydrogen-bond donors (Lipinski definition) is 2. The maximum Gasteiger partial charge on any atom is 0.257 e. The number of unbranched alkanes of at least 4 members (excludes halogenated alkanes) is 1. The van der Waals surface area contributed by atoms with Crippen molar-refractivity contribution in [2.45, 2.75) is 26.7 Å². The van der Waals surface area contributed by atoms with Gasteiger partial charge in [-0.2, -0.15) is 9.61 Å². The molecule has 0 saturated carbocycles. The molecule has 2 aromatic heterocycles. The topological polar surface area (TPSA) is 93.4 Å². The summed E-state index contributed by atoms with van der Waals surface area (Å²) in [7, 11) is 0. The van der Waals surface area contributed by atoms with Crippen LogP contribution in [0.15, 0.2) is 48.5 Å². The molecule has 2 heterocycles. The molecule has 0 atom stereocenters. The molecule has 2 N–H and O–H groups in total. The van der Waals surface area contributed by atoms with Gasteiger partial charge in [-0.3, -0.25) is 10.1 Å². The quantitative estimate of drug-likeness (QED) is 0.307. The van der Waals surface area contributed by atoms with Crippen molar-refractivity contribution in [2.75, 3.05) is 11.9 Å². The van der Waals surface area contributed by atoms with Gasteiger partial charge in [0, 0.05) is 11.1 Å². The highest BCUT2D eigenvalue weighted by Crippen LogP contribution is 2.31. The van der Waals surface area contributed by atoms with E-state index in [1.807, 2.05) is 31.2 Å². The molecule has 164 valence electrons. The lowest BCUT2D eigenvalue weighted by Gasteiger charge is -2.12. The number of nitrogens with zero attached hydrogens (tertiary/aromatic N) is 4. The maximum atomic E-state index is 12.6. The fourth-order valence-corrected chi connectivity index (χ4v) is 4.10. The van der Waals surface area contributed by atoms with Crippen LogP contribution in [0.4, 0.5) is 5.69 Å². The predicted octanol–water partition coefficient (Wildman–Crippen LogP) is 4.47. The SMILES string of the molecule is CCCCOc1ccc(C(=O)NC(=S)Nc2ccccc2-c2nn3c(C)nnc3s2)cc1. The van der Waals surface area contributed by atoms with Gasteiger partial charge >= 0.3 is 0 Å². The average Bonchev–Trinajstić information content (AvgIpc) is 3.36. The van der Waals surface area contributed by atoms with Gasteiger partial charge in [-0.1, -0.05) is 36.8 Å². The highest BCUT2D eigenvalue weighted by atomic mass is 32.1. The molecule has 0 aliphatic heterocycles. The van der Waals surface area contributed by atoms with Crippen LogP contribution >= 0.6 is 23.6 Å². The van der Waals surface area contributed by atoms with Crippen LogP contribution in [0.25, 0.3) is 15.5 Å². The Hall–Kier alpha value is -3.37. The minimum Gasteiger partial charge on any atom is -0.494 e. The third-order valence-corrected chi connectivity index (χ3v) is 5.80. The van der Waals surface area contributed by atoms with Crippen molar-refractivity contribution in [3.63, 3.8) is 0 Å². The van der Waals surface area contributed by atoms with Crippen molar-refractivity contribution in [2.24, 2.45) is 0 Å². The van der Waals surface area contributed by atoms with E-state index in [0.29, 0.717) is 17.1 Å². The number of ether oxygens (including phenoxy) is 1. The summed E-state index contributed by atoms with van der Waals surface area (Å²) in [4.78, 5) is 13.3. The molecule has 0 aliphatic rings. The second kappa shape index (κ2) is 9.84. The zero-order valence-corrected chi connectivity index (χ0v) is 19.3. The third-order valence-electron chi connectivity index (χ3n) is 4.66. The van der Waals surface area contributed by atoms with Crippen molar-refractivity contribution in [1.29, 1.82) is 0 Å². The summed E-state index contributed by atoms with van der Waals surface area (Å²) in [6, 6.07) is 14.6. The summed E-state index contributed by atoms with van der Waals surface area (Å²) in [5.41, 5.74) is 2.09. The Bertz CT molecular complexity index is 1250. The Morgan fingerprint density at radius 3 is 2.69 bits per heavy atom. The van der Waals surface area contributed by atoms with Crippen LogP contribution in [0.5, 0.6) is 5.75 Å². The highest BCUT2D eigenvalue weighted by molar-refractivity contribution is 7.80. The smallest absolute Gasteiger partial charge is 0.257 e. The minimum absolute atomic E-state index is 0.199. The summed E-state index contributed by atoms with van der Waals surface area (Å²) in [5.74, 6) is 1.16. The summed E-state index contributed by atoms with van der Waals surface area (Å²) in [6.45, 7) is 4.62. The van der Waals surface area contributed by atoms with Gasteiger partial charge in [-0.25, -0.2) is 0 Å². The van der Waals surface area contributed by atoms with Crippen LogP contribution < -0.4 is 15.4 Å². The number of carbonyl (C=O) groups excluding carboxylic acids is 1. The van der Waals surface area contributed by atoms with Crippen molar-refractivity contribution in [3.8, 4) is 16.3 Å². The monoisotopic (exact) mass is 466 g/mol. The van der Waals surface area contributed by atoms with Crippen LogP contribution in [-0.2, 0) is 0 Å². The van der Waals surface area contributed by atoms with Crippen LogP contribution in [0.1, 0.15) is 35.9 Å². The van der Waals surface area contributed by atoms with E-state index in [9.17, 15) is 4.79 Å². The Morgan fingerprint density at radius 1 is 1.16 bits per heavy atom. The Labute approximate surface area is 194 Å². The second-order valence-electron chi connectivity index (χ2n) is 7.03. The minimum atomic E-state index is -0.297. The van der Waals surface area contributed by atoms with E-state index < -0.39 is 0 Å². The predicted molar refractivity (Wildman–Crippen MR) is 129 cm³/mol. The fraction of sp³-hybridized carbons (Fsp3) is 0.227. The van der Waals surface area contributed by atoms with Gasteiger partial charge in [0.05, 0.1) is 12.3 Å². The maximum absolute atomic E-state index is 12.6. The van der Waals surface area contributed by atoms with E-state index in [1.165, 1.54) is 11.3 Å². The van der Waals surface area contributed by atoms with E-state index in [-0.39, 0.29) is 11.0 Å². The summed E-state index contributed by atoms with van der Waals surface area (Å²) < 4.78 is 7.34. The average molecular weight is 467 g/mol. The summed E-state index contributed by atoms with van der Waals surface area (Å²) in [5, 5.41) is 19.5. The standard InChI is InChI=1S/C22H22N6O2S2/c1-3-4-13-30-16-11-9-15(10-12-16)19(29)24-21(31)23-18-8-6-5-7-17(18)20-27-28-14(2)25-26-22(28)32-20/h5-12H,3-4,13H2,1-2H3,(H2,23,24,29,31). The first-order chi connectivity index (χ1) is 15.5. The van der Waals surface area contributed by atoms with Crippen LogP contribution in [-0.4, -0.2) is 37.4 Å². The molecule has 4 aromatic rings. The highest BCUT2D eigenvalue weighted by Gasteiger charge is 2.15. The van der Waals surface area contributed by atoms with Crippen molar-refractivity contribution in [1.82, 2.24) is 25.1 Å². The Kier molecular flexibility index (Phi) is 6.72. The molecule has 10 heteroatoms. The number of rotatable bonds is 7. The Balaban J connectivity index is 1.42. The van der Waals surface area contributed by atoms with Crippen molar-refractivity contribution in [3.05, 3.63) is 59.9 Å². The first-order valence-corrected chi connectivity index (χ1v) is 11.4. The molecule has 1 amide bonds. The van der Waals surface area contributed by atoms with Crippen molar-refractivity contribution >= 4 is 45.2 Å². The van der Waals surface area contributed by atoms with Gasteiger partial charge in [0.15, 0.2) is 10.9 Å². The van der Waals surface area contributed by atoms with E-state index in [0.717, 1.165) is 40.7 Å². The molecule has 0 radical (unpaired) electrons. The van der Waals surface area contributed by atoms with Crippen LogP contribution in [0, 0.1) is 6.92 Å². The number of hydrogen-bond acceptors (Lipinski definition) is 7. The van der Waals surface area contributed by atoms with Gasteiger partial charge in [-0.15, -0.1) is 10.2 Å². The summed E-state index contributed by atoms with van der Waals surface area (Å²) >= 11 is 6.80. The number of carbonyl (C=O) groups is 1. The summed E-state index contributed by atoms with van der Waals surface area (Å²) in [6.07, 6.45) is 2.06. The zero-order chi connectivity index (χ0) is 22.5. The number of nitrogens with one attached hydrogen (secondary N) is 2. The van der Waals surface area contributed by atoms with Crippen molar-refractivity contribution < 1.29 is 9.53 Å². The third kappa shape index (κ3) is 4.92. The number of aromatic nitrogens is 4. The molecular formula is C22H22N6O2S2. The lowest BCUT2D eigenvalue weighted by atomic mass is 10.2. The fourth-order valence-electron chi connectivity index (χ4n) is 2.97. The van der Waals surface area contributed by atoms with E-state index >= 15 is 0 Å². The zero-order valence-electron chi connectivity index (χ0n) is 17.7. The Morgan fingerprint density at radius 2 is 1.94 bits per heavy atom. The molecule has 0 saturated heterocycles. The molecular weight excluding hydrogens is 444 g/mol. The lowest BCUT2D eigenvalue weighted by Crippen LogP contribution is -2.34. The lowest BCUT2D eigenvalue weighted by molar-refractivity contribution is 0.0977. The number of anilines is 1. The number of thiocarbonyl (C=S) groups is 1. The molecule has 0 aliphatic carbocycles. The molecule has 0 unspecified atom stereocenters. The molecule has 8 nitrogen and oxygen atoms in total. The van der Waals surface area contributed by atoms with E-state index in [4.69, 9.17) is 17.0 Å². The molecule has 0 spiro atoms. The van der Waals surface area contributed by atoms with Gasteiger partial charge in [0.1, 0.15) is 10.8 Å². The molecule has 32 heavy (non-hydrogen) atoms. The van der Waals surface area contributed by atoms with E-state index in [1.54, 1.807) is 28.8 Å². The van der Waals surface area contributed by atoms with Gasteiger partial charge in [-0.05, 0) is 62.0 Å². The number of benzene rings is 2. The van der Waals surface area contributed by atoms with Gasteiger partial charge < -0.3 is 10.1 Å². The van der Waals surface area contributed by atoms with Crippen LogP contribution in [0.2, 0.25) is 0 Å². The van der Waals surface area contributed by atoms with Gasteiger partial charge in [0.25, 0.3) is 5.91 Å². The first-order valence-electron chi connectivity index (χ1n) is 10.2. The number of aryl methyl sites for hydroxylation is 1. The molecule has 2 aromatic carbocycles. The number of amides is 1. The first kappa shape index (κ1) is 21.8. The molecule has 0 fully saturated rings. The number of fused-ring (bicyclic) bond motifs is 1. The van der Waals surface area contributed by atoms with Crippen LogP contribution in [0.3, 0.4) is 0 Å².